The molecule has 2 aromatic carbocycles. The summed E-state index contributed by atoms with van der Waals surface area (Å²) in [4.78, 5) is 4.47. The topological polar surface area (TPSA) is 43.8 Å². The number of hydrogen-bond donors (Lipinski definition) is 1. The highest BCUT2D eigenvalue weighted by atomic mass is 15.2. The summed E-state index contributed by atoms with van der Waals surface area (Å²) < 4.78 is 2.01. The maximum Gasteiger partial charge on any atom is 0.205 e. The van der Waals surface area contributed by atoms with Crippen LogP contribution < -0.4 is 5.73 Å². The van der Waals surface area contributed by atoms with Gasteiger partial charge < -0.3 is 5.73 Å². The molecule has 2 N–H and O–H groups in total. The number of anilines is 1. The largest absolute Gasteiger partial charge is 0.369 e. The van der Waals surface area contributed by atoms with Crippen LogP contribution in [0.5, 0.6) is 0 Å². The summed E-state index contributed by atoms with van der Waals surface area (Å²) in [5.74, 6) is 1.03. The second-order valence-electron chi connectivity index (χ2n) is 5.55. The number of nitrogens with zero attached hydrogens (tertiary/aromatic N) is 2. The maximum absolute atomic E-state index is 6.11. The molecule has 3 heteroatoms. The van der Waals surface area contributed by atoms with E-state index in [9.17, 15) is 0 Å². The van der Waals surface area contributed by atoms with Crippen LogP contribution in [0.25, 0.3) is 16.7 Å². The molecule has 0 saturated carbocycles. The molecule has 1 heterocycles. The second kappa shape index (κ2) is 4.67. The first kappa shape index (κ1) is 12.7. The molecule has 0 fully saturated rings. The third kappa shape index (κ3) is 2.05. The minimum atomic E-state index is 0.494. The average Bonchev–Trinajstić information content (AvgIpc) is 2.73. The monoisotopic (exact) mass is 265 g/mol. The quantitative estimate of drug-likeness (QED) is 0.760. The minimum Gasteiger partial charge on any atom is -0.369 e. The third-order valence-electron chi connectivity index (χ3n) is 3.63. The minimum absolute atomic E-state index is 0.494. The Bertz CT molecular complexity index is 769. The van der Waals surface area contributed by atoms with E-state index in [2.05, 4.69) is 68.2 Å². The molecular weight excluding hydrogens is 246 g/mol. The maximum atomic E-state index is 6.11. The van der Waals surface area contributed by atoms with Gasteiger partial charge in [0.25, 0.3) is 0 Å². The number of benzene rings is 2. The first-order chi connectivity index (χ1) is 9.56. The normalized spacial score (nSPS) is 11.4. The molecule has 0 spiro atoms. The van der Waals surface area contributed by atoms with Crippen molar-refractivity contribution in [3.63, 3.8) is 0 Å². The van der Waals surface area contributed by atoms with Gasteiger partial charge in [0.15, 0.2) is 0 Å². The van der Waals surface area contributed by atoms with Gasteiger partial charge in [-0.25, -0.2) is 4.98 Å². The molecule has 20 heavy (non-hydrogen) atoms. The zero-order valence-corrected chi connectivity index (χ0v) is 12.1. The standard InChI is InChI=1S/C17H19N3/c1-11(2)13-5-4-6-14(10-13)20-16-8-7-12(3)9-15(16)19-17(20)18/h4-11H,1-3H3,(H2,18,19). The molecule has 1 aromatic heterocycles. The summed E-state index contributed by atoms with van der Waals surface area (Å²) in [7, 11) is 0. The highest BCUT2D eigenvalue weighted by molar-refractivity contribution is 5.81. The summed E-state index contributed by atoms with van der Waals surface area (Å²) in [6, 6.07) is 14.7. The predicted molar refractivity (Wildman–Crippen MR) is 84.3 cm³/mol. The van der Waals surface area contributed by atoms with Gasteiger partial charge in [-0.1, -0.05) is 32.0 Å². The molecule has 102 valence electrons. The van der Waals surface area contributed by atoms with Crippen LogP contribution in [-0.2, 0) is 0 Å². The van der Waals surface area contributed by atoms with E-state index in [-0.39, 0.29) is 0 Å². The molecule has 0 aliphatic carbocycles. The van der Waals surface area contributed by atoms with E-state index < -0.39 is 0 Å². The summed E-state index contributed by atoms with van der Waals surface area (Å²) in [5, 5.41) is 0. The first-order valence-electron chi connectivity index (χ1n) is 6.91. The molecule has 0 saturated heterocycles. The van der Waals surface area contributed by atoms with Crippen molar-refractivity contribution in [2.24, 2.45) is 0 Å². The number of fused-ring (bicyclic) bond motifs is 1. The summed E-state index contributed by atoms with van der Waals surface area (Å²) >= 11 is 0. The molecule has 0 aliphatic heterocycles. The van der Waals surface area contributed by atoms with Crippen molar-refractivity contribution in [2.45, 2.75) is 26.7 Å². The Balaban J connectivity index is 2.24. The Morgan fingerprint density at radius 1 is 1.10 bits per heavy atom. The van der Waals surface area contributed by atoms with Gasteiger partial charge in [-0.05, 0) is 48.2 Å². The number of nitrogens with two attached hydrogens (primary N) is 1. The van der Waals surface area contributed by atoms with Crippen LogP contribution in [-0.4, -0.2) is 9.55 Å². The third-order valence-corrected chi connectivity index (χ3v) is 3.63. The van der Waals surface area contributed by atoms with E-state index >= 15 is 0 Å². The van der Waals surface area contributed by atoms with Crippen LogP contribution in [0, 0.1) is 6.92 Å². The van der Waals surface area contributed by atoms with Crippen molar-refractivity contribution in [3.05, 3.63) is 53.6 Å². The van der Waals surface area contributed by atoms with Crippen molar-refractivity contribution in [3.8, 4) is 5.69 Å². The van der Waals surface area contributed by atoms with Gasteiger partial charge in [0.05, 0.1) is 11.0 Å². The number of imidazole rings is 1. The fourth-order valence-corrected chi connectivity index (χ4v) is 2.50. The summed E-state index contributed by atoms with van der Waals surface area (Å²) in [6.45, 7) is 6.45. The van der Waals surface area contributed by atoms with Crippen LogP contribution in [0.2, 0.25) is 0 Å². The molecule has 0 unspecified atom stereocenters. The number of hydrogen-bond acceptors (Lipinski definition) is 2. The van der Waals surface area contributed by atoms with E-state index in [1.165, 1.54) is 11.1 Å². The van der Waals surface area contributed by atoms with E-state index in [0.29, 0.717) is 11.9 Å². The van der Waals surface area contributed by atoms with Gasteiger partial charge in [0.1, 0.15) is 0 Å². The van der Waals surface area contributed by atoms with Crippen molar-refractivity contribution >= 4 is 17.0 Å². The zero-order valence-electron chi connectivity index (χ0n) is 12.1. The molecule has 3 aromatic rings. The number of aromatic nitrogens is 2. The van der Waals surface area contributed by atoms with Crippen LogP contribution in [0.4, 0.5) is 5.95 Å². The highest BCUT2D eigenvalue weighted by Crippen LogP contribution is 2.26. The van der Waals surface area contributed by atoms with E-state index in [1.54, 1.807) is 0 Å². The lowest BCUT2D eigenvalue weighted by Gasteiger charge is -2.11. The number of nitrogen functional groups attached to an aromatic ring is 1. The van der Waals surface area contributed by atoms with Crippen LogP contribution in [0.1, 0.15) is 30.9 Å². The molecule has 3 rings (SSSR count). The van der Waals surface area contributed by atoms with E-state index in [4.69, 9.17) is 5.73 Å². The summed E-state index contributed by atoms with van der Waals surface area (Å²) in [6.07, 6.45) is 0. The fraction of sp³-hybridized carbons (Fsp3) is 0.235. The molecule has 0 amide bonds. The Kier molecular flexibility index (Phi) is 2.97. The Morgan fingerprint density at radius 2 is 1.90 bits per heavy atom. The predicted octanol–water partition coefficient (Wildman–Crippen LogP) is 4.04. The Labute approximate surface area is 119 Å². The molecule has 0 bridgehead atoms. The van der Waals surface area contributed by atoms with Gasteiger partial charge in [-0.2, -0.15) is 0 Å². The van der Waals surface area contributed by atoms with Crippen LogP contribution >= 0.6 is 0 Å². The Morgan fingerprint density at radius 3 is 2.65 bits per heavy atom. The van der Waals surface area contributed by atoms with Crippen molar-refractivity contribution in [1.82, 2.24) is 9.55 Å². The van der Waals surface area contributed by atoms with Gasteiger partial charge in [0, 0.05) is 5.69 Å². The van der Waals surface area contributed by atoms with Gasteiger partial charge in [0.2, 0.25) is 5.95 Å². The van der Waals surface area contributed by atoms with E-state index in [0.717, 1.165) is 16.7 Å². The van der Waals surface area contributed by atoms with Crippen LogP contribution in [0.15, 0.2) is 42.5 Å². The first-order valence-corrected chi connectivity index (χ1v) is 6.91. The average molecular weight is 265 g/mol. The number of aryl methyl sites for hydroxylation is 1. The molecule has 3 nitrogen and oxygen atoms in total. The Hall–Kier alpha value is -2.29. The van der Waals surface area contributed by atoms with Crippen LogP contribution in [0.3, 0.4) is 0 Å². The van der Waals surface area contributed by atoms with Gasteiger partial charge >= 0.3 is 0 Å². The lowest BCUT2D eigenvalue weighted by molar-refractivity contribution is 0.864. The molecule has 0 aliphatic rings. The summed E-state index contributed by atoms with van der Waals surface area (Å²) in [5.41, 5.74) is 11.7. The molecular formula is C17H19N3. The van der Waals surface area contributed by atoms with Crippen molar-refractivity contribution in [2.75, 3.05) is 5.73 Å². The SMILES string of the molecule is Cc1ccc2c(c1)nc(N)n2-c1cccc(C(C)C)c1. The lowest BCUT2D eigenvalue weighted by Crippen LogP contribution is -2.01. The van der Waals surface area contributed by atoms with Crippen molar-refractivity contribution < 1.29 is 0 Å². The number of rotatable bonds is 2. The van der Waals surface area contributed by atoms with Gasteiger partial charge in [-0.3, -0.25) is 4.57 Å². The van der Waals surface area contributed by atoms with E-state index in [1.807, 2.05) is 4.57 Å². The lowest BCUT2D eigenvalue weighted by atomic mass is 10.0. The smallest absolute Gasteiger partial charge is 0.205 e. The van der Waals surface area contributed by atoms with Gasteiger partial charge in [-0.15, -0.1) is 0 Å². The fourth-order valence-electron chi connectivity index (χ4n) is 2.50. The zero-order chi connectivity index (χ0) is 14.3. The second-order valence-corrected chi connectivity index (χ2v) is 5.55. The molecule has 0 radical (unpaired) electrons. The van der Waals surface area contributed by atoms with Crippen molar-refractivity contribution in [1.29, 1.82) is 0 Å². The molecule has 0 atom stereocenters. The highest BCUT2D eigenvalue weighted by Gasteiger charge is 2.11.